The van der Waals surface area contributed by atoms with Gasteiger partial charge in [-0.15, -0.1) is 0 Å². The van der Waals surface area contributed by atoms with E-state index in [1.54, 1.807) is 11.8 Å². The van der Waals surface area contributed by atoms with Crippen LogP contribution in [0.3, 0.4) is 0 Å². The maximum Gasteiger partial charge on any atom is 0.164 e. The van der Waals surface area contributed by atoms with Crippen LogP contribution in [0.1, 0.15) is 12.8 Å². The molecule has 4 nitrogen and oxygen atoms in total. The van der Waals surface area contributed by atoms with Crippen molar-refractivity contribution in [3.63, 3.8) is 0 Å². The van der Waals surface area contributed by atoms with Gasteiger partial charge in [-0.1, -0.05) is 0 Å². The molecule has 15 heavy (non-hydrogen) atoms. The summed E-state index contributed by atoms with van der Waals surface area (Å²) in [5, 5.41) is 8.36. The maximum atomic E-state index is 11.5. The van der Waals surface area contributed by atoms with Crippen LogP contribution in [0.25, 0.3) is 0 Å². The molecule has 1 N–H and O–H groups in total. The average molecular weight is 253 g/mol. The first-order chi connectivity index (χ1) is 7.05. The SMILES string of the molecule is CS(=O)(=O)C1CSCCN1CCCCO. The van der Waals surface area contributed by atoms with Gasteiger partial charge in [0, 0.05) is 30.9 Å². The van der Waals surface area contributed by atoms with Crippen molar-refractivity contribution in [1.82, 2.24) is 4.90 Å². The van der Waals surface area contributed by atoms with Crippen LogP contribution in [-0.2, 0) is 9.84 Å². The second kappa shape index (κ2) is 6.08. The van der Waals surface area contributed by atoms with E-state index in [1.165, 1.54) is 6.26 Å². The second-order valence-corrected chi connectivity index (χ2v) is 7.18. The molecular weight excluding hydrogens is 234 g/mol. The zero-order valence-electron chi connectivity index (χ0n) is 9.05. The second-order valence-electron chi connectivity index (χ2n) is 3.83. The van der Waals surface area contributed by atoms with E-state index < -0.39 is 9.84 Å². The number of thioether (sulfide) groups is 1. The highest BCUT2D eigenvalue weighted by Crippen LogP contribution is 2.20. The third-order valence-corrected chi connectivity index (χ3v) is 5.23. The average Bonchev–Trinajstić information content (AvgIpc) is 2.17. The lowest BCUT2D eigenvalue weighted by Crippen LogP contribution is -2.47. The number of unbranched alkanes of at least 4 members (excludes halogenated alkanes) is 1. The molecule has 1 rings (SSSR count). The Morgan fingerprint density at radius 3 is 2.80 bits per heavy atom. The van der Waals surface area contributed by atoms with Crippen LogP contribution >= 0.6 is 11.8 Å². The van der Waals surface area contributed by atoms with Gasteiger partial charge in [-0.2, -0.15) is 11.8 Å². The summed E-state index contributed by atoms with van der Waals surface area (Å²) in [5.41, 5.74) is 0. The molecule has 1 heterocycles. The van der Waals surface area contributed by atoms with Gasteiger partial charge < -0.3 is 5.11 Å². The minimum Gasteiger partial charge on any atom is -0.396 e. The summed E-state index contributed by atoms with van der Waals surface area (Å²) in [4.78, 5) is 2.03. The molecule has 1 aliphatic heterocycles. The molecule has 0 aromatic rings. The molecule has 0 bridgehead atoms. The Morgan fingerprint density at radius 1 is 1.47 bits per heavy atom. The number of hydrogen-bond acceptors (Lipinski definition) is 5. The van der Waals surface area contributed by atoms with E-state index >= 15 is 0 Å². The van der Waals surface area contributed by atoms with E-state index in [0.717, 1.165) is 31.7 Å². The Labute approximate surface area is 96.0 Å². The first-order valence-electron chi connectivity index (χ1n) is 5.17. The lowest BCUT2D eigenvalue weighted by molar-refractivity contribution is 0.239. The highest BCUT2D eigenvalue weighted by Gasteiger charge is 2.30. The minimum absolute atomic E-state index is 0.187. The molecule has 0 saturated carbocycles. The standard InChI is InChI=1S/C9H19NO3S2/c1-15(12,13)9-8-14-7-5-10(9)4-2-3-6-11/h9,11H,2-8H2,1H3. The summed E-state index contributed by atoms with van der Waals surface area (Å²) in [6.07, 6.45) is 2.93. The van der Waals surface area contributed by atoms with Gasteiger partial charge in [-0.3, -0.25) is 4.90 Å². The van der Waals surface area contributed by atoms with Crippen molar-refractivity contribution in [2.45, 2.75) is 18.2 Å². The fourth-order valence-corrected chi connectivity index (χ4v) is 4.66. The molecule has 0 aromatic carbocycles. The van der Waals surface area contributed by atoms with Crippen LogP contribution in [0.2, 0.25) is 0 Å². The number of aliphatic hydroxyl groups excluding tert-OH is 1. The Kier molecular flexibility index (Phi) is 5.38. The molecule has 1 atom stereocenters. The topological polar surface area (TPSA) is 57.6 Å². The lowest BCUT2D eigenvalue weighted by Gasteiger charge is -2.33. The van der Waals surface area contributed by atoms with Crippen molar-refractivity contribution < 1.29 is 13.5 Å². The maximum absolute atomic E-state index is 11.5. The van der Waals surface area contributed by atoms with Crippen molar-refractivity contribution in [2.24, 2.45) is 0 Å². The van der Waals surface area contributed by atoms with Gasteiger partial charge >= 0.3 is 0 Å². The van der Waals surface area contributed by atoms with Gasteiger partial charge in [-0.25, -0.2) is 8.42 Å². The molecule has 0 amide bonds. The summed E-state index contributed by atoms with van der Waals surface area (Å²) >= 11 is 1.70. The first kappa shape index (κ1) is 13.3. The smallest absolute Gasteiger partial charge is 0.164 e. The third kappa shape index (κ3) is 4.30. The molecule has 0 aromatic heterocycles. The van der Waals surface area contributed by atoms with Gasteiger partial charge in [0.1, 0.15) is 5.37 Å². The Hall–Kier alpha value is 0.220. The van der Waals surface area contributed by atoms with E-state index in [2.05, 4.69) is 0 Å². The molecule has 90 valence electrons. The Balaban J connectivity index is 2.51. The minimum atomic E-state index is -2.97. The summed E-state index contributed by atoms with van der Waals surface area (Å²) in [6.45, 7) is 1.80. The van der Waals surface area contributed by atoms with Gasteiger partial charge in [0.05, 0.1) is 0 Å². The number of hydrogen-bond donors (Lipinski definition) is 1. The molecule has 0 aliphatic carbocycles. The van der Waals surface area contributed by atoms with E-state index in [1.807, 2.05) is 4.90 Å². The van der Waals surface area contributed by atoms with Gasteiger partial charge in [-0.05, 0) is 19.4 Å². The number of nitrogens with zero attached hydrogens (tertiary/aromatic N) is 1. The first-order valence-corrected chi connectivity index (χ1v) is 8.28. The summed E-state index contributed by atoms with van der Waals surface area (Å²) < 4.78 is 23.1. The molecule has 1 unspecified atom stereocenters. The van der Waals surface area contributed by atoms with E-state index in [4.69, 9.17) is 5.11 Å². The number of rotatable bonds is 5. The van der Waals surface area contributed by atoms with Crippen LogP contribution in [0.4, 0.5) is 0 Å². The normalized spacial score (nSPS) is 24.3. The lowest BCUT2D eigenvalue weighted by atomic mass is 10.3. The Morgan fingerprint density at radius 2 is 2.20 bits per heavy atom. The fourth-order valence-electron chi connectivity index (χ4n) is 1.69. The molecular formula is C9H19NO3S2. The zero-order chi connectivity index (χ0) is 11.3. The molecule has 0 spiro atoms. The molecule has 1 aliphatic rings. The van der Waals surface area contributed by atoms with Crippen LogP contribution in [0, 0.1) is 0 Å². The molecule has 1 saturated heterocycles. The number of aliphatic hydroxyl groups is 1. The summed E-state index contributed by atoms with van der Waals surface area (Å²) in [6, 6.07) is 0. The van der Waals surface area contributed by atoms with Crippen molar-refractivity contribution >= 4 is 21.6 Å². The monoisotopic (exact) mass is 253 g/mol. The summed E-state index contributed by atoms with van der Waals surface area (Å²) in [7, 11) is -2.97. The highest BCUT2D eigenvalue weighted by atomic mass is 32.2. The van der Waals surface area contributed by atoms with E-state index in [0.29, 0.717) is 5.75 Å². The van der Waals surface area contributed by atoms with Crippen LogP contribution in [0.15, 0.2) is 0 Å². The van der Waals surface area contributed by atoms with Crippen LogP contribution < -0.4 is 0 Å². The van der Waals surface area contributed by atoms with E-state index in [-0.39, 0.29) is 12.0 Å². The third-order valence-electron chi connectivity index (χ3n) is 2.54. The van der Waals surface area contributed by atoms with Crippen molar-refractivity contribution in [3.05, 3.63) is 0 Å². The van der Waals surface area contributed by atoms with Crippen molar-refractivity contribution in [3.8, 4) is 0 Å². The molecule has 6 heteroatoms. The van der Waals surface area contributed by atoms with Crippen LogP contribution in [-0.4, -0.2) is 61.3 Å². The number of sulfone groups is 1. The quantitative estimate of drug-likeness (QED) is 0.708. The van der Waals surface area contributed by atoms with Crippen molar-refractivity contribution in [1.29, 1.82) is 0 Å². The molecule has 1 fully saturated rings. The predicted molar refractivity (Wildman–Crippen MR) is 63.8 cm³/mol. The fraction of sp³-hybridized carbons (Fsp3) is 1.00. The predicted octanol–water partition coefficient (Wildman–Crippen LogP) is 0.178. The zero-order valence-corrected chi connectivity index (χ0v) is 10.7. The largest absolute Gasteiger partial charge is 0.396 e. The van der Waals surface area contributed by atoms with E-state index in [9.17, 15) is 8.42 Å². The van der Waals surface area contributed by atoms with Gasteiger partial charge in [0.25, 0.3) is 0 Å². The highest BCUT2D eigenvalue weighted by molar-refractivity contribution is 8.00. The van der Waals surface area contributed by atoms with Gasteiger partial charge in [0.2, 0.25) is 0 Å². The molecule has 0 radical (unpaired) electrons. The van der Waals surface area contributed by atoms with Crippen molar-refractivity contribution in [2.75, 3.05) is 37.5 Å². The van der Waals surface area contributed by atoms with Crippen LogP contribution in [0.5, 0.6) is 0 Å². The Bertz CT molecular complexity index is 279. The summed E-state index contributed by atoms with van der Waals surface area (Å²) in [5.74, 6) is 1.68. The van der Waals surface area contributed by atoms with Gasteiger partial charge in [0.15, 0.2) is 9.84 Å².